The lowest BCUT2D eigenvalue weighted by atomic mass is 10.1. The van der Waals surface area contributed by atoms with Gasteiger partial charge >= 0.3 is 6.03 Å². The van der Waals surface area contributed by atoms with Crippen LogP contribution < -0.4 is 21.9 Å². The Labute approximate surface area is 145 Å². The third-order valence-corrected chi connectivity index (χ3v) is 3.45. The van der Waals surface area contributed by atoms with E-state index in [1.165, 1.54) is 0 Å². The molecule has 4 amide bonds. The Hall–Kier alpha value is -3.35. The summed E-state index contributed by atoms with van der Waals surface area (Å²) in [5, 5.41) is 2.38. The summed E-state index contributed by atoms with van der Waals surface area (Å²) < 4.78 is 0. The molecule has 7 nitrogen and oxygen atoms in total. The fourth-order valence-corrected chi connectivity index (χ4v) is 2.27. The van der Waals surface area contributed by atoms with Crippen LogP contribution in [0.15, 0.2) is 60.7 Å². The van der Waals surface area contributed by atoms with Crippen molar-refractivity contribution >= 4 is 17.8 Å². The van der Waals surface area contributed by atoms with Crippen molar-refractivity contribution in [3.8, 4) is 0 Å². The molecular formula is C18H20N4O3. The number of rotatable bonds is 6. The van der Waals surface area contributed by atoms with E-state index in [0.717, 1.165) is 11.1 Å². The summed E-state index contributed by atoms with van der Waals surface area (Å²) in [7, 11) is 0. The Morgan fingerprint density at radius 2 is 1.40 bits per heavy atom. The predicted molar refractivity (Wildman–Crippen MR) is 93.1 cm³/mol. The summed E-state index contributed by atoms with van der Waals surface area (Å²) >= 11 is 0. The van der Waals surface area contributed by atoms with Gasteiger partial charge in [0.25, 0.3) is 5.91 Å². The van der Waals surface area contributed by atoms with Crippen LogP contribution in [-0.2, 0) is 22.4 Å². The molecular weight excluding hydrogens is 320 g/mol. The second-order valence-electron chi connectivity index (χ2n) is 5.45. The van der Waals surface area contributed by atoms with Crippen LogP contribution in [0.5, 0.6) is 0 Å². The van der Waals surface area contributed by atoms with Crippen molar-refractivity contribution in [2.24, 2.45) is 5.73 Å². The highest BCUT2D eigenvalue weighted by molar-refractivity contribution is 5.89. The maximum atomic E-state index is 12.2. The number of primary amides is 1. The zero-order valence-corrected chi connectivity index (χ0v) is 13.6. The van der Waals surface area contributed by atoms with Crippen molar-refractivity contribution in [1.29, 1.82) is 0 Å². The normalized spacial score (nSPS) is 11.2. The van der Waals surface area contributed by atoms with Crippen molar-refractivity contribution < 1.29 is 14.4 Å². The van der Waals surface area contributed by atoms with Gasteiger partial charge in [-0.3, -0.25) is 20.4 Å². The van der Waals surface area contributed by atoms with E-state index in [1.807, 2.05) is 60.7 Å². The smallest absolute Gasteiger partial charge is 0.312 e. The maximum Gasteiger partial charge on any atom is 0.312 e. The number of carbonyl (C=O) groups is 3. The van der Waals surface area contributed by atoms with Gasteiger partial charge in [-0.2, -0.15) is 0 Å². The number of carbonyl (C=O) groups excluding carboxylic acids is 3. The van der Waals surface area contributed by atoms with Crippen LogP contribution >= 0.6 is 0 Å². The van der Waals surface area contributed by atoms with E-state index in [4.69, 9.17) is 5.73 Å². The average Bonchev–Trinajstić information content (AvgIpc) is 2.60. The largest absolute Gasteiger partial charge is 0.352 e. The summed E-state index contributed by atoms with van der Waals surface area (Å²) in [6, 6.07) is 16.6. The van der Waals surface area contributed by atoms with Crippen molar-refractivity contribution in [2.45, 2.75) is 18.9 Å². The van der Waals surface area contributed by atoms with Gasteiger partial charge in [-0.25, -0.2) is 4.79 Å². The Kier molecular flexibility index (Phi) is 6.53. The molecule has 7 heteroatoms. The Balaban J connectivity index is 1.90. The van der Waals surface area contributed by atoms with E-state index in [-0.39, 0.29) is 18.7 Å². The molecule has 0 bridgehead atoms. The number of amides is 4. The molecule has 0 spiro atoms. The molecule has 2 aromatic rings. The third-order valence-electron chi connectivity index (χ3n) is 3.45. The van der Waals surface area contributed by atoms with E-state index in [9.17, 15) is 14.4 Å². The summed E-state index contributed by atoms with van der Waals surface area (Å²) in [6.45, 7) is 0. The van der Waals surface area contributed by atoms with E-state index < -0.39 is 18.0 Å². The molecule has 0 fully saturated rings. The summed E-state index contributed by atoms with van der Waals surface area (Å²) in [6.07, 6.45) is 0.387. The minimum absolute atomic E-state index is 0.133. The van der Waals surface area contributed by atoms with Crippen molar-refractivity contribution in [2.75, 3.05) is 0 Å². The molecule has 0 heterocycles. The van der Waals surface area contributed by atoms with Crippen LogP contribution in [0, 0.1) is 0 Å². The van der Waals surface area contributed by atoms with Gasteiger partial charge in [0.1, 0.15) is 6.04 Å². The Morgan fingerprint density at radius 3 is 1.96 bits per heavy atom. The van der Waals surface area contributed by atoms with Crippen molar-refractivity contribution in [3.05, 3.63) is 71.8 Å². The van der Waals surface area contributed by atoms with Gasteiger partial charge in [-0.15, -0.1) is 0 Å². The maximum absolute atomic E-state index is 12.2. The van der Waals surface area contributed by atoms with Crippen molar-refractivity contribution in [1.82, 2.24) is 16.2 Å². The zero-order valence-electron chi connectivity index (χ0n) is 13.6. The Morgan fingerprint density at radius 1 is 0.840 bits per heavy atom. The van der Waals surface area contributed by atoms with Gasteiger partial charge in [0.15, 0.2) is 0 Å². The summed E-state index contributed by atoms with van der Waals surface area (Å²) in [4.78, 5) is 35.3. The minimum Gasteiger partial charge on any atom is -0.352 e. The molecule has 2 aromatic carbocycles. The second kappa shape index (κ2) is 9.07. The lowest BCUT2D eigenvalue weighted by Crippen LogP contribution is -2.54. The van der Waals surface area contributed by atoms with Crippen LogP contribution in [0.25, 0.3) is 0 Å². The van der Waals surface area contributed by atoms with E-state index in [2.05, 4.69) is 16.2 Å². The molecule has 130 valence electrons. The fourth-order valence-electron chi connectivity index (χ4n) is 2.27. The first-order valence-electron chi connectivity index (χ1n) is 7.77. The molecule has 25 heavy (non-hydrogen) atoms. The topological polar surface area (TPSA) is 113 Å². The predicted octanol–water partition coefficient (Wildman–Crippen LogP) is 0.656. The number of benzene rings is 2. The molecule has 5 N–H and O–H groups in total. The summed E-state index contributed by atoms with van der Waals surface area (Å²) in [5.74, 6) is -0.916. The first-order chi connectivity index (χ1) is 12.0. The van der Waals surface area contributed by atoms with Crippen LogP contribution in [-0.4, -0.2) is 23.9 Å². The van der Waals surface area contributed by atoms with E-state index in [0.29, 0.717) is 0 Å². The highest BCUT2D eigenvalue weighted by atomic mass is 16.2. The first-order valence-corrected chi connectivity index (χ1v) is 7.77. The standard InChI is InChI=1S/C18H20N4O3/c19-18(25)20-15(11-13-7-3-1-4-8-13)17(24)22-21-16(23)12-14-9-5-2-6-10-14/h1-10,15H,11-12H2,(H,21,23)(H,22,24)(H3,19,20,25). The molecule has 0 saturated heterocycles. The van der Waals surface area contributed by atoms with Gasteiger partial charge in [-0.05, 0) is 11.1 Å². The molecule has 0 radical (unpaired) electrons. The minimum atomic E-state index is -0.892. The molecule has 0 saturated carbocycles. The zero-order chi connectivity index (χ0) is 18.1. The molecule has 0 aliphatic heterocycles. The molecule has 1 atom stereocenters. The van der Waals surface area contributed by atoms with Gasteiger partial charge < -0.3 is 11.1 Å². The van der Waals surface area contributed by atoms with Gasteiger partial charge in [0.05, 0.1) is 6.42 Å². The van der Waals surface area contributed by atoms with Crippen LogP contribution in [0.2, 0.25) is 0 Å². The monoisotopic (exact) mass is 340 g/mol. The first kappa shape index (κ1) is 18.0. The number of urea groups is 1. The lowest BCUT2D eigenvalue weighted by molar-refractivity contribution is -0.129. The lowest BCUT2D eigenvalue weighted by Gasteiger charge is -2.17. The second-order valence-corrected chi connectivity index (χ2v) is 5.45. The molecule has 1 unspecified atom stereocenters. The quantitative estimate of drug-likeness (QED) is 0.579. The van der Waals surface area contributed by atoms with Gasteiger partial charge in [0, 0.05) is 6.42 Å². The number of hydrazine groups is 1. The van der Waals surface area contributed by atoms with Gasteiger partial charge in [0.2, 0.25) is 5.91 Å². The number of nitrogens with one attached hydrogen (secondary N) is 3. The number of nitrogens with two attached hydrogens (primary N) is 1. The SMILES string of the molecule is NC(=O)NC(Cc1ccccc1)C(=O)NNC(=O)Cc1ccccc1. The highest BCUT2D eigenvalue weighted by Gasteiger charge is 2.20. The molecule has 0 aliphatic rings. The van der Waals surface area contributed by atoms with Crippen LogP contribution in [0.3, 0.4) is 0 Å². The fraction of sp³-hybridized carbons (Fsp3) is 0.167. The van der Waals surface area contributed by atoms with Crippen LogP contribution in [0.1, 0.15) is 11.1 Å². The van der Waals surface area contributed by atoms with E-state index >= 15 is 0 Å². The average molecular weight is 340 g/mol. The van der Waals surface area contributed by atoms with Crippen LogP contribution in [0.4, 0.5) is 4.79 Å². The third kappa shape index (κ3) is 6.34. The molecule has 0 aliphatic carbocycles. The molecule has 2 rings (SSSR count). The van der Waals surface area contributed by atoms with Crippen molar-refractivity contribution in [3.63, 3.8) is 0 Å². The number of hydrogen-bond acceptors (Lipinski definition) is 3. The highest BCUT2D eigenvalue weighted by Crippen LogP contribution is 2.03. The number of hydrogen-bond donors (Lipinski definition) is 4. The van der Waals surface area contributed by atoms with Gasteiger partial charge in [-0.1, -0.05) is 60.7 Å². The molecule has 0 aromatic heterocycles. The van der Waals surface area contributed by atoms with E-state index in [1.54, 1.807) is 0 Å². The Bertz CT molecular complexity index is 720. The summed E-state index contributed by atoms with van der Waals surface area (Å²) in [5.41, 5.74) is 11.5.